The van der Waals surface area contributed by atoms with E-state index in [9.17, 15) is 17.4 Å². The molecule has 0 spiro atoms. The molecule has 0 radical (unpaired) electrons. The van der Waals surface area contributed by atoms with Gasteiger partial charge in [0, 0.05) is 41.5 Å². The van der Waals surface area contributed by atoms with Gasteiger partial charge in [-0.2, -0.15) is 0 Å². The van der Waals surface area contributed by atoms with Crippen molar-refractivity contribution in [2.24, 2.45) is 0 Å². The van der Waals surface area contributed by atoms with Crippen molar-refractivity contribution in [1.29, 1.82) is 0 Å². The number of anilines is 1. The molecule has 1 aliphatic heterocycles. The van der Waals surface area contributed by atoms with Crippen molar-refractivity contribution >= 4 is 32.4 Å². The third-order valence-electron chi connectivity index (χ3n) is 3.49. The summed E-state index contributed by atoms with van der Waals surface area (Å²) in [5.41, 5.74) is 2.04. The summed E-state index contributed by atoms with van der Waals surface area (Å²) in [6, 6.07) is 5.06. The first kappa shape index (κ1) is 17.0. The molecule has 1 aromatic carbocycles. The number of sulfonamides is 1. The molecule has 1 unspecified atom stereocenters. The second-order valence-electron chi connectivity index (χ2n) is 5.32. The van der Waals surface area contributed by atoms with Gasteiger partial charge < -0.3 is 5.32 Å². The Labute approximate surface area is 133 Å². The molecule has 1 heterocycles. The molecule has 1 atom stereocenters. The van der Waals surface area contributed by atoms with E-state index >= 15 is 0 Å². The Balaban J connectivity index is 2.03. The average molecular weight is 344 g/mol. The van der Waals surface area contributed by atoms with E-state index in [1.807, 2.05) is 0 Å². The summed E-state index contributed by atoms with van der Waals surface area (Å²) in [5, 5.41) is 2.78. The molecule has 1 amide bonds. The largest absolute Gasteiger partial charge is 0.352 e. The number of hydrogen-bond acceptors (Lipinski definition) is 4. The lowest BCUT2D eigenvalue weighted by Crippen LogP contribution is -2.27. The Morgan fingerprint density at radius 1 is 1.41 bits per heavy atom. The van der Waals surface area contributed by atoms with Crippen molar-refractivity contribution in [2.45, 2.75) is 12.8 Å². The van der Waals surface area contributed by atoms with Crippen LogP contribution in [0.1, 0.15) is 22.3 Å². The van der Waals surface area contributed by atoms with Gasteiger partial charge in [0.05, 0.1) is 11.9 Å². The van der Waals surface area contributed by atoms with E-state index in [-0.39, 0.29) is 5.91 Å². The van der Waals surface area contributed by atoms with Gasteiger partial charge in [0.2, 0.25) is 10.0 Å². The SMILES string of the molecule is CS(=O)CCCNC(=O)c1ccc2c(c1)CCN2S(C)(=O)=O. The van der Waals surface area contributed by atoms with Gasteiger partial charge in [-0.25, -0.2) is 8.42 Å². The molecule has 6 nitrogen and oxygen atoms in total. The highest BCUT2D eigenvalue weighted by Crippen LogP contribution is 2.30. The summed E-state index contributed by atoms with van der Waals surface area (Å²) in [6.07, 6.45) is 4.09. The summed E-state index contributed by atoms with van der Waals surface area (Å²) in [7, 11) is -4.12. The highest BCUT2D eigenvalue weighted by molar-refractivity contribution is 7.92. The van der Waals surface area contributed by atoms with Crippen LogP contribution in [-0.4, -0.2) is 49.9 Å². The zero-order chi connectivity index (χ0) is 16.3. The number of rotatable bonds is 6. The topological polar surface area (TPSA) is 83.6 Å². The summed E-state index contributed by atoms with van der Waals surface area (Å²) in [4.78, 5) is 12.0. The highest BCUT2D eigenvalue weighted by Gasteiger charge is 2.26. The van der Waals surface area contributed by atoms with Crippen molar-refractivity contribution < 1.29 is 17.4 Å². The molecule has 0 bridgehead atoms. The molecule has 22 heavy (non-hydrogen) atoms. The molecular weight excluding hydrogens is 324 g/mol. The molecule has 0 saturated heterocycles. The van der Waals surface area contributed by atoms with Gasteiger partial charge in [-0.3, -0.25) is 13.3 Å². The molecular formula is C14H20N2O4S2. The zero-order valence-corrected chi connectivity index (χ0v) is 14.3. The first-order chi connectivity index (χ1) is 10.3. The van der Waals surface area contributed by atoms with E-state index in [0.717, 1.165) is 5.56 Å². The average Bonchev–Trinajstić information content (AvgIpc) is 2.85. The fourth-order valence-corrected chi connectivity index (χ4v) is 3.95. The number of carbonyl (C=O) groups is 1. The number of fused-ring (bicyclic) bond motifs is 1. The van der Waals surface area contributed by atoms with Crippen LogP contribution in [0.3, 0.4) is 0 Å². The van der Waals surface area contributed by atoms with E-state index in [2.05, 4.69) is 5.32 Å². The van der Waals surface area contributed by atoms with E-state index in [1.54, 1.807) is 24.5 Å². The van der Waals surface area contributed by atoms with Crippen LogP contribution < -0.4 is 9.62 Å². The first-order valence-corrected chi connectivity index (χ1v) is 10.6. The number of benzene rings is 1. The fourth-order valence-electron chi connectivity index (χ4n) is 2.44. The third-order valence-corrected chi connectivity index (χ3v) is 5.53. The number of amides is 1. The van der Waals surface area contributed by atoms with Crippen molar-refractivity contribution in [1.82, 2.24) is 5.32 Å². The van der Waals surface area contributed by atoms with E-state index < -0.39 is 20.8 Å². The van der Waals surface area contributed by atoms with Crippen LogP contribution >= 0.6 is 0 Å². The first-order valence-electron chi connectivity index (χ1n) is 6.98. The maximum absolute atomic E-state index is 12.0. The van der Waals surface area contributed by atoms with Crippen LogP contribution in [0.25, 0.3) is 0 Å². The predicted molar refractivity (Wildman–Crippen MR) is 88.2 cm³/mol. The van der Waals surface area contributed by atoms with Crippen molar-refractivity contribution in [3.63, 3.8) is 0 Å². The van der Waals surface area contributed by atoms with Crippen LogP contribution in [-0.2, 0) is 27.2 Å². The normalized spacial score (nSPS) is 15.5. The monoisotopic (exact) mass is 344 g/mol. The molecule has 0 aromatic heterocycles. The molecule has 0 saturated carbocycles. The van der Waals surface area contributed by atoms with Gasteiger partial charge in [-0.1, -0.05) is 0 Å². The Kier molecular flexibility index (Phi) is 5.23. The number of hydrogen-bond donors (Lipinski definition) is 1. The Hall–Kier alpha value is -1.41. The number of carbonyl (C=O) groups excluding carboxylic acids is 1. The van der Waals surface area contributed by atoms with Crippen LogP contribution in [0, 0.1) is 0 Å². The Morgan fingerprint density at radius 3 is 2.77 bits per heavy atom. The second-order valence-corrected chi connectivity index (χ2v) is 8.78. The smallest absolute Gasteiger partial charge is 0.251 e. The van der Waals surface area contributed by atoms with Gasteiger partial charge in [-0.05, 0) is 36.6 Å². The summed E-state index contributed by atoms with van der Waals surface area (Å²) < 4.78 is 35.6. The number of nitrogens with one attached hydrogen (secondary N) is 1. The maximum Gasteiger partial charge on any atom is 0.251 e. The summed E-state index contributed by atoms with van der Waals surface area (Å²) in [5.74, 6) is 0.371. The van der Waals surface area contributed by atoms with Gasteiger partial charge in [-0.15, -0.1) is 0 Å². The Bertz CT molecular complexity index is 701. The molecule has 8 heteroatoms. The Morgan fingerprint density at radius 2 is 2.14 bits per heavy atom. The lowest BCUT2D eigenvalue weighted by atomic mass is 10.1. The quantitative estimate of drug-likeness (QED) is 0.762. The zero-order valence-electron chi connectivity index (χ0n) is 12.7. The maximum atomic E-state index is 12.0. The predicted octanol–water partition coefficient (Wildman–Crippen LogP) is 0.507. The highest BCUT2D eigenvalue weighted by atomic mass is 32.2. The van der Waals surface area contributed by atoms with Crippen molar-refractivity contribution in [3.8, 4) is 0 Å². The van der Waals surface area contributed by atoms with E-state index in [4.69, 9.17) is 0 Å². The van der Waals surface area contributed by atoms with E-state index in [0.29, 0.717) is 42.9 Å². The van der Waals surface area contributed by atoms with Gasteiger partial charge in [0.15, 0.2) is 0 Å². The van der Waals surface area contributed by atoms with Crippen LogP contribution in [0.15, 0.2) is 18.2 Å². The molecule has 1 N–H and O–H groups in total. The molecule has 1 aromatic rings. The lowest BCUT2D eigenvalue weighted by molar-refractivity contribution is 0.0953. The minimum atomic E-state index is -3.27. The minimum Gasteiger partial charge on any atom is -0.352 e. The van der Waals surface area contributed by atoms with Crippen molar-refractivity contribution in [2.75, 3.05) is 35.7 Å². The summed E-state index contributed by atoms with van der Waals surface area (Å²) in [6.45, 7) is 0.895. The molecule has 0 fully saturated rings. The van der Waals surface area contributed by atoms with Crippen LogP contribution in [0.5, 0.6) is 0 Å². The molecule has 0 aliphatic carbocycles. The molecule has 122 valence electrons. The molecule has 1 aliphatic rings. The third kappa shape index (κ3) is 4.07. The van der Waals surface area contributed by atoms with Crippen LogP contribution in [0.4, 0.5) is 5.69 Å². The number of nitrogens with zero attached hydrogens (tertiary/aromatic N) is 1. The van der Waals surface area contributed by atoms with Crippen LogP contribution in [0.2, 0.25) is 0 Å². The van der Waals surface area contributed by atoms with Crippen molar-refractivity contribution in [3.05, 3.63) is 29.3 Å². The van der Waals surface area contributed by atoms with Gasteiger partial charge in [0.25, 0.3) is 5.91 Å². The second kappa shape index (κ2) is 6.78. The fraction of sp³-hybridized carbons (Fsp3) is 0.500. The van der Waals surface area contributed by atoms with Gasteiger partial charge in [0.1, 0.15) is 0 Å². The van der Waals surface area contributed by atoms with Gasteiger partial charge >= 0.3 is 0 Å². The lowest BCUT2D eigenvalue weighted by Gasteiger charge is -2.16. The van der Waals surface area contributed by atoms with E-state index in [1.165, 1.54) is 10.6 Å². The standard InChI is InChI=1S/C14H20N2O4S2/c1-21(18)9-3-7-15-14(17)12-4-5-13-11(10-12)6-8-16(13)22(2,19)20/h4-5,10H,3,6-9H2,1-2H3,(H,15,17). The summed E-state index contributed by atoms with van der Waals surface area (Å²) >= 11 is 0. The molecule has 2 rings (SSSR count). The minimum absolute atomic E-state index is 0.192.